The summed E-state index contributed by atoms with van der Waals surface area (Å²) >= 11 is 1.60. The van der Waals surface area contributed by atoms with Gasteiger partial charge in [-0.3, -0.25) is 4.79 Å². The molecule has 1 N–H and O–H groups in total. The molecule has 1 amide bonds. The van der Waals surface area contributed by atoms with Gasteiger partial charge < -0.3 is 5.32 Å². The number of aromatic nitrogens is 1. The number of hydrogen-bond donors (Lipinski definition) is 1. The second kappa shape index (κ2) is 7.38. The molecule has 0 aliphatic rings. The van der Waals surface area contributed by atoms with Gasteiger partial charge in [-0.25, -0.2) is 13.4 Å². The Labute approximate surface area is 162 Å². The minimum atomic E-state index is -3.57. The first-order chi connectivity index (χ1) is 12.7. The number of rotatable bonds is 5. The van der Waals surface area contributed by atoms with Crippen molar-refractivity contribution in [1.82, 2.24) is 9.29 Å². The fraction of sp³-hybridized carbons (Fsp3) is 0.263. The number of amides is 1. The standard InChI is InChI=1S/C19H21N3O3S2/c1-12(2)22(4)27(24,25)16-8-5-14(6-9-16)19(23)21-15-7-10-18-17(11-15)20-13(3)26-18/h5-12H,1-4H3,(H,21,23). The Kier molecular flexibility index (Phi) is 5.32. The molecule has 0 radical (unpaired) electrons. The van der Waals surface area contributed by atoms with Gasteiger partial charge in [0.1, 0.15) is 0 Å². The van der Waals surface area contributed by atoms with Crippen LogP contribution in [0.5, 0.6) is 0 Å². The number of fused-ring (bicyclic) bond motifs is 1. The third-order valence-electron chi connectivity index (χ3n) is 4.27. The van der Waals surface area contributed by atoms with E-state index in [0.717, 1.165) is 15.2 Å². The van der Waals surface area contributed by atoms with Crippen LogP contribution in [-0.2, 0) is 10.0 Å². The van der Waals surface area contributed by atoms with Crippen LogP contribution in [0.3, 0.4) is 0 Å². The number of hydrogen-bond acceptors (Lipinski definition) is 5. The van der Waals surface area contributed by atoms with Crippen molar-refractivity contribution in [3.63, 3.8) is 0 Å². The first-order valence-electron chi connectivity index (χ1n) is 8.45. The van der Waals surface area contributed by atoms with E-state index in [1.54, 1.807) is 25.2 Å². The van der Waals surface area contributed by atoms with Crippen LogP contribution in [0.4, 0.5) is 5.69 Å². The van der Waals surface area contributed by atoms with E-state index in [9.17, 15) is 13.2 Å². The summed E-state index contributed by atoms with van der Waals surface area (Å²) in [5.74, 6) is -0.303. The Morgan fingerprint density at radius 3 is 2.44 bits per heavy atom. The summed E-state index contributed by atoms with van der Waals surface area (Å²) in [4.78, 5) is 17.1. The fourth-order valence-corrected chi connectivity index (χ4v) is 4.72. The Bertz CT molecular complexity index is 1090. The quantitative estimate of drug-likeness (QED) is 0.701. The van der Waals surface area contributed by atoms with Crippen LogP contribution in [0.2, 0.25) is 0 Å². The number of carbonyl (C=O) groups is 1. The molecule has 27 heavy (non-hydrogen) atoms. The molecule has 0 bridgehead atoms. The van der Waals surface area contributed by atoms with Gasteiger partial charge in [0.05, 0.1) is 20.1 Å². The highest BCUT2D eigenvalue weighted by Crippen LogP contribution is 2.25. The molecule has 0 aliphatic heterocycles. The van der Waals surface area contributed by atoms with E-state index in [1.165, 1.54) is 35.6 Å². The smallest absolute Gasteiger partial charge is 0.255 e. The number of nitrogens with zero attached hydrogens (tertiary/aromatic N) is 2. The minimum absolute atomic E-state index is 0.151. The summed E-state index contributed by atoms with van der Waals surface area (Å²) in [6.45, 7) is 5.55. The lowest BCUT2D eigenvalue weighted by Crippen LogP contribution is -2.33. The van der Waals surface area contributed by atoms with Crippen molar-refractivity contribution < 1.29 is 13.2 Å². The lowest BCUT2D eigenvalue weighted by Gasteiger charge is -2.21. The van der Waals surface area contributed by atoms with Crippen LogP contribution in [0, 0.1) is 6.92 Å². The van der Waals surface area contributed by atoms with Gasteiger partial charge in [-0.15, -0.1) is 11.3 Å². The van der Waals surface area contributed by atoms with Crippen LogP contribution < -0.4 is 5.32 Å². The van der Waals surface area contributed by atoms with Crippen LogP contribution >= 0.6 is 11.3 Å². The van der Waals surface area contributed by atoms with E-state index in [-0.39, 0.29) is 16.8 Å². The van der Waals surface area contributed by atoms with Gasteiger partial charge in [0.15, 0.2) is 0 Å². The highest BCUT2D eigenvalue weighted by atomic mass is 32.2. The van der Waals surface area contributed by atoms with Crippen molar-refractivity contribution in [3.8, 4) is 0 Å². The second-order valence-electron chi connectivity index (χ2n) is 6.51. The van der Waals surface area contributed by atoms with Crippen LogP contribution in [0.25, 0.3) is 10.2 Å². The van der Waals surface area contributed by atoms with Crippen molar-refractivity contribution in [2.45, 2.75) is 31.7 Å². The molecule has 0 saturated carbocycles. The van der Waals surface area contributed by atoms with E-state index in [4.69, 9.17) is 0 Å². The van der Waals surface area contributed by atoms with Gasteiger partial charge in [0, 0.05) is 24.3 Å². The first-order valence-corrected chi connectivity index (χ1v) is 10.7. The number of sulfonamides is 1. The summed E-state index contributed by atoms with van der Waals surface area (Å²) in [7, 11) is -2.03. The van der Waals surface area contributed by atoms with Gasteiger partial charge in [-0.05, 0) is 63.2 Å². The van der Waals surface area contributed by atoms with Crippen molar-refractivity contribution in [1.29, 1.82) is 0 Å². The first kappa shape index (κ1) is 19.5. The third kappa shape index (κ3) is 4.02. The highest BCUT2D eigenvalue weighted by Gasteiger charge is 2.23. The summed E-state index contributed by atoms with van der Waals surface area (Å²) in [6, 6.07) is 11.4. The monoisotopic (exact) mass is 403 g/mol. The van der Waals surface area contributed by atoms with E-state index in [1.807, 2.05) is 25.1 Å². The molecule has 3 aromatic rings. The third-order valence-corrected chi connectivity index (χ3v) is 7.27. The molecule has 2 aromatic carbocycles. The van der Waals surface area contributed by atoms with E-state index < -0.39 is 10.0 Å². The minimum Gasteiger partial charge on any atom is -0.322 e. The Morgan fingerprint density at radius 2 is 1.81 bits per heavy atom. The molecular formula is C19H21N3O3S2. The SMILES string of the molecule is Cc1nc2cc(NC(=O)c3ccc(S(=O)(=O)N(C)C(C)C)cc3)ccc2s1. The molecule has 1 aromatic heterocycles. The maximum absolute atomic E-state index is 12.5. The Balaban J connectivity index is 1.79. The van der Waals surface area contributed by atoms with Gasteiger partial charge in [-0.1, -0.05) is 0 Å². The average molecular weight is 404 g/mol. The average Bonchev–Trinajstić information content (AvgIpc) is 3.00. The molecule has 0 aliphatic carbocycles. The summed E-state index contributed by atoms with van der Waals surface area (Å²) in [6.07, 6.45) is 0. The topological polar surface area (TPSA) is 79.4 Å². The molecule has 6 nitrogen and oxygen atoms in total. The van der Waals surface area contributed by atoms with Crippen molar-refractivity contribution in [2.24, 2.45) is 0 Å². The maximum atomic E-state index is 12.5. The molecule has 0 fully saturated rings. The molecular weight excluding hydrogens is 382 g/mol. The fourth-order valence-electron chi connectivity index (χ4n) is 2.55. The molecule has 0 atom stereocenters. The van der Waals surface area contributed by atoms with Crippen molar-refractivity contribution in [3.05, 3.63) is 53.0 Å². The summed E-state index contributed by atoms with van der Waals surface area (Å²) in [5, 5.41) is 3.79. The zero-order valence-corrected chi connectivity index (χ0v) is 17.2. The Morgan fingerprint density at radius 1 is 1.15 bits per heavy atom. The normalized spacial score (nSPS) is 12.1. The molecule has 1 heterocycles. The van der Waals surface area contributed by atoms with Crippen LogP contribution in [-0.4, -0.2) is 36.7 Å². The molecule has 0 spiro atoms. The van der Waals surface area contributed by atoms with E-state index in [0.29, 0.717) is 11.3 Å². The second-order valence-corrected chi connectivity index (χ2v) is 9.74. The Hall–Kier alpha value is -2.29. The highest BCUT2D eigenvalue weighted by molar-refractivity contribution is 7.89. The number of aryl methyl sites for hydroxylation is 1. The zero-order valence-electron chi connectivity index (χ0n) is 15.6. The number of anilines is 1. The van der Waals surface area contributed by atoms with Gasteiger partial charge in [-0.2, -0.15) is 4.31 Å². The maximum Gasteiger partial charge on any atom is 0.255 e. The predicted octanol–water partition coefficient (Wildman–Crippen LogP) is 3.89. The zero-order chi connectivity index (χ0) is 19.8. The van der Waals surface area contributed by atoms with Crippen LogP contribution in [0.15, 0.2) is 47.4 Å². The van der Waals surface area contributed by atoms with Crippen LogP contribution in [0.1, 0.15) is 29.2 Å². The molecule has 3 rings (SSSR count). The lowest BCUT2D eigenvalue weighted by atomic mass is 10.2. The summed E-state index contributed by atoms with van der Waals surface area (Å²) in [5.41, 5.74) is 1.87. The van der Waals surface area contributed by atoms with E-state index in [2.05, 4.69) is 10.3 Å². The number of carbonyl (C=O) groups excluding carboxylic acids is 1. The molecule has 142 valence electrons. The summed E-state index contributed by atoms with van der Waals surface area (Å²) < 4.78 is 27.3. The largest absolute Gasteiger partial charge is 0.322 e. The van der Waals surface area contributed by atoms with Gasteiger partial charge >= 0.3 is 0 Å². The molecule has 0 unspecified atom stereocenters. The number of nitrogens with one attached hydrogen (secondary N) is 1. The van der Waals surface area contributed by atoms with Crippen molar-refractivity contribution >= 4 is 43.2 Å². The predicted molar refractivity (Wildman–Crippen MR) is 109 cm³/mol. The van der Waals surface area contributed by atoms with E-state index >= 15 is 0 Å². The van der Waals surface area contributed by atoms with Gasteiger partial charge in [0.25, 0.3) is 5.91 Å². The lowest BCUT2D eigenvalue weighted by molar-refractivity contribution is 0.102. The number of thiazole rings is 1. The van der Waals surface area contributed by atoms with Crippen molar-refractivity contribution in [2.75, 3.05) is 12.4 Å². The molecule has 8 heteroatoms. The molecule has 0 saturated heterocycles. The van der Waals surface area contributed by atoms with Gasteiger partial charge in [0.2, 0.25) is 10.0 Å². The number of benzene rings is 2.